The molecule has 0 saturated carbocycles. The zero-order valence-electron chi connectivity index (χ0n) is 15.6. The van der Waals surface area contributed by atoms with E-state index < -0.39 is 10.0 Å². The molecule has 1 aromatic carbocycles. The highest BCUT2D eigenvalue weighted by Gasteiger charge is 2.31. The van der Waals surface area contributed by atoms with E-state index in [0.29, 0.717) is 42.9 Å². The van der Waals surface area contributed by atoms with E-state index in [1.807, 2.05) is 0 Å². The Morgan fingerprint density at radius 3 is 2.37 bits per heavy atom. The van der Waals surface area contributed by atoms with Gasteiger partial charge < -0.3 is 10.2 Å². The van der Waals surface area contributed by atoms with Crippen LogP contribution in [-0.4, -0.2) is 60.7 Å². The monoisotopic (exact) mass is 411 g/mol. The van der Waals surface area contributed by atoms with Gasteiger partial charge in [0.1, 0.15) is 6.54 Å². The molecule has 7 nitrogen and oxygen atoms in total. The number of sulfonamides is 1. The first kappa shape index (κ1) is 20.2. The highest BCUT2D eigenvalue weighted by molar-refractivity contribution is 8.13. The summed E-state index contributed by atoms with van der Waals surface area (Å²) in [6.45, 7) is 5.79. The van der Waals surface area contributed by atoms with Crippen LogP contribution in [0.2, 0.25) is 0 Å². The number of thioether (sulfide) groups is 1. The maximum atomic E-state index is 12.9. The molecule has 0 radical (unpaired) electrons. The number of carbonyl (C=O) groups excluding carboxylic acids is 2. The maximum absolute atomic E-state index is 12.9. The largest absolute Gasteiger partial charge is 0.325 e. The van der Waals surface area contributed by atoms with Gasteiger partial charge in [-0.1, -0.05) is 25.6 Å². The average molecular weight is 412 g/mol. The first-order chi connectivity index (χ1) is 12.8. The molecule has 3 rings (SSSR count). The molecule has 2 atom stereocenters. The predicted octanol–water partition coefficient (Wildman–Crippen LogP) is 2.46. The Bertz CT molecular complexity index is 800. The molecule has 2 amide bonds. The van der Waals surface area contributed by atoms with Crippen molar-refractivity contribution in [2.75, 3.05) is 37.2 Å². The molecule has 0 bridgehead atoms. The lowest BCUT2D eigenvalue weighted by molar-refractivity contribution is -0.116. The van der Waals surface area contributed by atoms with Crippen LogP contribution in [0.5, 0.6) is 0 Å². The fourth-order valence-electron chi connectivity index (χ4n) is 3.60. The average Bonchev–Trinajstić information content (AvgIpc) is 2.99. The number of amides is 2. The molecular formula is C18H25N3O4S2. The summed E-state index contributed by atoms with van der Waals surface area (Å²) in [5.74, 6) is 1.09. The predicted molar refractivity (Wildman–Crippen MR) is 106 cm³/mol. The van der Waals surface area contributed by atoms with E-state index in [2.05, 4.69) is 19.2 Å². The van der Waals surface area contributed by atoms with E-state index in [0.717, 1.165) is 6.42 Å². The number of piperidine rings is 1. The standard InChI is InChI=1S/C18H25N3O4S2/c1-13-9-14(2)11-21(10-13)27(24,25)16-5-3-15(4-6-16)19-17(22)12-20-7-8-26-18(20)23/h3-6,13-14H,7-12H2,1-2H3,(H,19,22). The Morgan fingerprint density at radius 2 is 1.81 bits per heavy atom. The third-order valence-electron chi connectivity index (χ3n) is 4.79. The zero-order chi connectivity index (χ0) is 19.6. The van der Waals surface area contributed by atoms with Gasteiger partial charge in [0.15, 0.2) is 0 Å². The Labute approximate surface area is 164 Å². The van der Waals surface area contributed by atoms with Crippen molar-refractivity contribution in [2.24, 2.45) is 11.8 Å². The third-order valence-corrected chi connectivity index (χ3v) is 7.53. The fourth-order valence-corrected chi connectivity index (χ4v) is 6.11. The third kappa shape index (κ3) is 4.83. The summed E-state index contributed by atoms with van der Waals surface area (Å²) >= 11 is 1.21. The summed E-state index contributed by atoms with van der Waals surface area (Å²) in [5.41, 5.74) is 0.513. The molecule has 2 aliphatic heterocycles. The molecular weight excluding hydrogens is 386 g/mol. The van der Waals surface area contributed by atoms with Crippen molar-refractivity contribution in [3.05, 3.63) is 24.3 Å². The van der Waals surface area contributed by atoms with Gasteiger partial charge >= 0.3 is 0 Å². The van der Waals surface area contributed by atoms with Gasteiger partial charge in [-0.3, -0.25) is 9.59 Å². The summed E-state index contributed by atoms with van der Waals surface area (Å²) in [6, 6.07) is 6.21. The van der Waals surface area contributed by atoms with Gasteiger partial charge in [0, 0.05) is 31.1 Å². The summed E-state index contributed by atoms with van der Waals surface area (Å²) in [6.07, 6.45) is 1.04. The van der Waals surface area contributed by atoms with Crippen LogP contribution in [0.1, 0.15) is 20.3 Å². The number of nitrogens with one attached hydrogen (secondary N) is 1. The van der Waals surface area contributed by atoms with Crippen LogP contribution in [0.4, 0.5) is 10.5 Å². The molecule has 1 N–H and O–H groups in total. The molecule has 0 aliphatic carbocycles. The van der Waals surface area contributed by atoms with Crippen molar-refractivity contribution in [3.8, 4) is 0 Å². The van der Waals surface area contributed by atoms with Crippen molar-refractivity contribution < 1.29 is 18.0 Å². The lowest BCUT2D eigenvalue weighted by Gasteiger charge is -2.34. The van der Waals surface area contributed by atoms with E-state index in [-0.39, 0.29) is 22.6 Å². The number of rotatable bonds is 5. The van der Waals surface area contributed by atoms with Crippen LogP contribution in [0.15, 0.2) is 29.2 Å². The smallest absolute Gasteiger partial charge is 0.282 e. The lowest BCUT2D eigenvalue weighted by Crippen LogP contribution is -2.42. The van der Waals surface area contributed by atoms with Gasteiger partial charge in [-0.15, -0.1) is 0 Å². The second kappa shape index (κ2) is 8.20. The van der Waals surface area contributed by atoms with Gasteiger partial charge in [0.25, 0.3) is 5.24 Å². The molecule has 2 aliphatic rings. The summed E-state index contributed by atoms with van der Waals surface area (Å²) in [7, 11) is -3.53. The zero-order valence-corrected chi connectivity index (χ0v) is 17.2. The molecule has 27 heavy (non-hydrogen) atoms. The van der Waals surface area contributed by atoms with Crippen LogP contribution in [0.3, 0.4) is 0 Å². The molecule has 2 unspecified atom stereocenters. The topological polar surface area (TPSA) is 86.8 Å². The number of hydrogen-bond donors (Lipinski definition) is 1. The number of carbonyl (C=O) groups is 2. The second-order valence-electron chi connectivity index (χ2n) is 7.38. The molecule has 2 heterocycles. The maximum Gasteiger partial charge on any atom is 0.282 e. The van der Waals surface area contributed by atoms with Crippen LogP contribution in [-0.2, 0) is 14.8 Å². The minimum absolute atomic E-state index is 0.00936. The van der Waals surface area contributed by atoms with Crippen molar-refractivity contribution in [1.82, 2.24) is 9.21 Å². The SMILES string of the molecule is CC1CC(C)CN(S(=O)(=O)c2ccc(NC(=O)CN3CCSC3=O)cc2)C1. The van der Waals surface area contributed by atoms with Crippen molar-refractivity contribution in [3.63, 3.8) is 0 Å². The highest BCUT2D eigenvalue weighted by atomic mass is 32.2. The fraction of sp³-hybridized carbons (Fsp3) is 0.556. The quantitative estimate of drug-likeness (QED) is 0.804. The summed E-state index contributed by atoms with van der Waals surface area (Å²) in [4.78, 5) is 25.4. The molecule has 0 spiro atoms. The van der Waals surface area contributed by atoms with Crippen LogP contribution in [0.25, 0.3) is 0 Å². The van der Waals surface area contributed by atoms with Crippen LogP contribution in [0, 0.1) is 11.8 Å². The molecule has 1 aromatic rings. The molecule has 9 heteroatoms. The first-order valence-electron chi connectivity index (χ1n) is 9.07. The van der Waals surface area contributed by atoms with E-state index in [1.165, 1.54) is 28.8 Å². The minimum Gasteiger partial charge on any atom is -0.325 e. The highest BCUT2D eigenvalue weighted by Crippen LogP contribution is 2.27. The number of hydrogen-bond acceptors (Lipinski definition) is 5. The second-order valence-corrected chi connectivity index (χ2v) is 10.4. The van der Waals surface area contributed by atoms with E-state index >= 15 is 0 Å². The van der Waals surface area contributed by atoms with Gasteiger partial charge in [-0.2, -0.15) is 4.31 Å². The van der Waals surface area contributed by atoms with Gasteiger partial charge in [0.05, 0.1) is 4.90 Å². The van der Waals surface area contributed by atoms with Gasteiger partial charge in [0.2, 0.25) is 15.9 Å². The number of benzene rings is 1. The lowest BCUT2D eigenvalue weighted by atomic mass is 9.94. The van der Waals surface area contributed by atoms with E-state index in [9.17, 15) is 18.0 Å². The molecule has 0 aromatic heterocycles. The van der Waals surface area contributed by atoms with E-state index in [1.54, 1.807) is 16.4 Å². The van der Waals surface area contributed by atoms with E-state index in [4.69, 9.17) is 0 Å². The Kier molecular flexibility index (Phi) is 6.12. The van der Waals surface area contributed by atoms with Crippen LogP contribution >= 0.6 is 11.8 Å². The van der Waals surface area contributed by atoms with Crippen molar-refractivity contribution in [1.29, 1.82) is 0 Å². The Balaban J connectivity index is 1.64. The number of nitrogens with zero attached hydrogens (tertiary/aromatic N) is 2. The molecule has 148 valence electrons. The Morgan fingerprint density at radius 1 is 1.19 bits per heavy atom. The van der Waals surface area contributed by atoms with Crippen LogP contribution < -0.4 is 5.32 Å². The molecule has 2 fully saturated rings. The summed E-state index contributed by atoms with van der Waals surface area (Å²) in [5, 5.41) is 2.62. The number of anilines is 1. The molecule has 2 saturated heterocycles. The minimum atomic E-state index is -3.53. The van der Waals surface area contributed by atoms with Gasteiger partial charge in [-0.05, 0) is 42.5 Å². The normalized spacial score (nSPS) is 24.2. The van der Waals surface area contributed by atoms with Crippen molar-refractivity contribution in [2.45, 2.75) is 25.2 Å². The van der Waals surface area contributed by atoms with Gasteiger partial charge in [-0.25, -0.2) is 8.42 Å². The summed E-state index contributed by atoms with van der Waals surface area (Å²) < 4.78 is 27.3. The van der Waals surface area contributed by atoms with Crippen molar-refractivity contribution >= 4 is 38.6 Å². The first-order valence-corrected chi connectivity index (χ1v) is 11.5. The Hall–Kier alpha value is -1.58.